The van der Waals surface area contributed by atoms with E-state index in [0.717, 1.165) is 10.6 Å². The molecule has 2 aromatic heterocycles. The van der Waals surface area contributed by atoms with Gasteiger partial charge in [-0.1, -0.05) is 23.5 Å². The number of anilines is 2. The van der Waals surface area contributed by atoms with Crippen LogP contribution >= 0.6 is 11.3 Å². The van der Waals surface area contributed by atoms with Gasteiger partial charge in [0.25, 0.3) is 6.01 Å². The first-order chi connectivity index (χ1) is 16.6. The van der Waals surface area contributed by atoms with Gasteiger partial charge in [-0.3, -0.25) is 5.32 Å². The van der Waals surface area contributed by atoms with Crippen molar-refractivity contribution in [2.24, 2.45) is 0 Å². The number of hydrogen-bond donors (Lipinski definition) is 3. The maximum Gasteiger partial charge on any atom is 0.387 e. The van der Waals surface area contributed by atoms with Gasteiger partial charge in [0.05, 0.1) is 35.0 Å². The Labute approximate surface area is 205 Å². The molecular formula is C23H27F2N5O4S. The molecule has 3 N–H and O–H groups in total. The molecule has 0 bridgehead atoms. The van der Waals surface area contributed by atoms with Crippen LogP contribution in [0.1, 0.15) is 44.3 Å². The van der Waals surface area contributed by atoms with Crippen molar-refractivity contribution in [1.29, 1.82) is 0 Å². The number of thiazole rings is 1. The lowest BCUT2D eigenvalue weighted by molar-refractivity contribution is -0.0498. The number of urea groups is 1. The van der Waals surface area contributed by atoms with Crippen LogP contribution in [0.25, 0.3) is 11.3 Å². The van der Waals surface area contributed by atoms with Gasteiger partial charge in [0.15, 0.2) is 10.9 Å². The number of rotatable bonds is 7. The van der Waals surface area contributed by atoms with E-state index in [2.05, 4.69) is 25.3 Å². The van der Waals surface area contributed by atoms with Gasteiger partial charge >= 0.3 is 12.6 Å². The van der Waals surface area contributed by atoms with Crippen molar-refractivity contribution in [2.45, 2.75) is 58.3 Å². The highest BCUT2D eigenvalue weighted by Crippen LogP contribution is 2.41. The second-order valence-electron chi connectivity index (χ2n) is 9.00. The molecule has 0 spiro atoms. The third-order valence-electron chi connectivity index (χ3n) is 5.61. The Morgan fingerprint density at radius 1 is 1.40 bits per heavy atom. The van der Waals surface area contributed by atoms with E-state index in [-0.39, 0.29) is 24.4 Å². The molecule has 3 heterocycles. The molecule has 0 unspecified atom stereocenters. The number of benzene rings is 1. The third-order valence-corrected chi connectivity index (χ3v) is 6.80. The molecule has 0 saturated heterocycles. The molecule has 12 heteroatoms. The Hall–Kier alpha value is -3.25. The van der Waals surface area contributed by atoms with E-state index in [1.165, 1.54) is 23.5 Å². The topological polar surface area (TPSA) is 113 Å². The molecule has 0 aliphatic carbocycles. The summed E-state index contributed by atoms with van der Waals surface area (Å²) in [5.74, 6) is 0.468. The maximum atomic E-state index is 12.6. The minimum Gasteiger partial charge on any atom is -0.435 e. The summed E-state index contributed by atoms with van der Waals surface area (Å²) in [5, 5.41) is 15.3. The number of aliphatic hydroxyl groups is 1. The van der Waals surface area contributed by atoms with Crippen LogP contribution in [0, 0.1) is 0 Å². The number of aliphatic hydroxyl groups excluding tert-OH is 1. The number of hydrogen-bond acceptors (Lipinski definition) is 8. The summed E-state index contributed by atoms with van der Waals surface area (Å²) in [7, 11) is 0. The van der Waals surface area contributed by atoms with Crippen LogP contribution in [0.4, 0.5) is 24.7 Å². The van der Waals surface area contributed by atoms with Crippen molar-refractivity contribution >= 4 is 28.5 Å². The van der Waals surface area contributed by atoms with E-state index in [4.69, 9.17) is 4.42 Å². The fraction of sp³-hybridized carbons (Fsp3) is 0.435. The number of alkyl halides is 2. The Morgan fingerprint density at radius 3 is 2.89 bits per heavy atom. The summed E-state index contributed by atoms with van der Waals surface area (Å²) in [6.07, 6.45) is 2.18. The van der Waals surface area contributed by atoms with E-state index >= 15 is 0 Å². The normalized spacial score (nSPS) is 17.9. The molecule has 9 nitrogen and oxygen atoms in total. The molecule has 35 heavy (non-hydrogen) atoms. The van der Waals surface area contributed by atoms with Crippen molar-refractivity contribution in [2.75, 3.05) is 16.8 Å². The molecule has 0 fully saturated rings. The van der Waals surface area contributed by atoms with Crippen molar-refractivity contribution in [3.63, 3.8) is 0 Å². The number of nitrogens with zero attached hydrogens (tertiary/aromatic N) is 3. The van der Waals surface area contributed by atoms with E-state index < -0.39 is 18.2 Å². The van der Waals surface area contributed by atoms with Crippen LogP contribution in [0.5, 0.6) is 5.75 Å². The summed E-state index contributed by atoms with van der Waals surface area (Å²) in [4.78, 5) is 24.3. The number of ether oxygens (including phenoxy) is 1. The molecule has 2 amide bonds. The molecule has 188 valence electrons. The zero-order valence-corrected chi connectivity index (χ0v) is 20.5. The fourth-order valence-corrected chi connectivity index (χ4v) is 4.99. The minimum atomic E-state index is -2.91. The lowest BCUT2D eigenvalue weighted by atomic mass is 10.0. The first-order valence-electron chi connectivity index (χ1n) is 11.1. The van der Waals surface area contributed by atoms with Crippen LogP contribution in [0.15, 0.2) is 34.9 Å². The first kappa shape index (κ1) is 24.9. The smallest absolute Gasteiger partial charge is 0.387 e. The van der Waals surface area contributed by atoms with E-state index in [1.807, 2.05) is 18.7 Å². The predicted octanol–water partition coefficient (Wildman–Crippen LogP) is 4.80. The lowest BCUT2D eigenvalue weighted by Crippen LogP contribution is -2.48. The van der Waals surface area contributed by atoms with Crippen LogP contribution in [0.2, 0.25) is 0 Å². The summed E-state index contributed by atoms with van der Waals surface area (Å²) in [6.45, 7) is 4.36. The van der Waals surface area contributed by atoms with Crippen LogP contribution in [-0.4, -0.2) is 45.9 Å². The molecule has 0 radical (unpaired) electrons. The number of carbonyl (C=O) groups excluding carboxylic acids is 1. The van der Waals surface area contributed by atoms with Gasteiger partial charge in [0.1, 0.15) is 5.75 Å². The number of aromatic nitrogens is 2. The molecule has 0 saturated carbocycles. The van der Waals surface area contributed by atoms with Crippen molar-refractivity contribution in [3.8, 4) is 17.1 Å². The highest BCUT2D eigenvalue weighted by atomic mass is 32.1. The molecule has 4 rings (SSSR count). The van der Waals surface area contributed by atoms with Crippen molar-refractivity contribution in [1.82, 2.24) is 15.3 Å². The second kappa shape index (κ2) is 9.78. The summed E-state index contributed by atoms with van der Waals surface area (Å²) in [5.41, 5.74) is 0.709. The number of halogens is 2. The molecule has 3 aromatic rings. The molecule has 1 aliphatic heterocycles. The Balaban J connectivity index is 1.52. The van der Waals surface area contributed by atoms with Gasteiger partial charge < -0.3 is 24.5 Å². The van der Waals surface area contributed by atoms with E-state index in [0.29, 0.717) is 28.9 Å². The second-order valence-corrected chi connectivity index (χ2v) is 10.0. The number of nitrogens with one attached hydrogen (secondary N) is 2. The molecule has 1 aliphatic rings. The first-order valence-corrected chi connectivity index (χ1v) is 11.9. The SMILES string of the molecule is C[C@@H]1Cc2nc(NC(=O)NC(C)(C)CO)sc2[C@H](C)N1c1ncc(-c2cccc(OC(F)F)c2)o1. The van der Waals surface area contributed by atoms with Gasteiger partial charge in [0.2, 0.25) is 0 Å². The number of amides is 2. The quantitative estimate of drug-likeness (QED) is 0.421. The van der Waals surface area contributed by atoms with Gasteiger partial charge in [-0.05, 0) is 39.8 Å². The van der Waals surface area contributed by atoms with Crippen LogP contribution in [0.3, 0.4) is 0 Å². The summed E-state index contributed by atoms with van der Waals surface area (Å²) >= 11 is 1.37. The van der Waals surface area contributed by atoms with Gasteiger partial charge in [-0.2, -0.15) is 8.78 Å². The zero-order chi connectivity index (χ0) is 25.3. The largest absolute Gasteiger partial charge is 0.435 e. The zero-order valence-electron chi connectivity index (χ0n) is 19.7. The average Bonchev–Trinajstić information content (AvgIpc) is 3.40. The van der Waals surface area contributed by atoms with Crippen molar-refractivity contribution < 1.29 is 27.8 Å². The highest BCUT2D eigenvalue weighted by molar-refractivity contribution is 7.16. The molecular weight excluding hydrogens is 480 g/mol. The Kier molecular flexibility index (Phi) is 6.95. The van der Waals surface area contributed by atoms with Crippen LogP contribution in [-0.2, 0) is 6.42 Å². The molecule has 1 aromatic carbocycles. The summed E-state index contributed by atoms with van der Waals surface area (Å²) < 4.78 is 35.6. The van der Waals surface area contributed by atoms with Gasteiger partial charge in [-0.25, -0.2) is 14.8 Å². The number of carbonyl (C=O) groups is 1. The minimum absolute atomic E-state index is 0.00889. The number of fused-ring (bicyclic) bond motifs is 1. The Bertz CT molecular complexity index is 1200. The Morgan fingerprint density at radius 2 is 2.17 bits per heavy atom. The highest BCUT2D eigenvalue weighted by Gasteiger charge is 2.35. The number of oxazole rings is 1. The van der Waals surface area contributed by atoms with Crippen LogP contribution < -0.4 is 20.3 Å². The van der Waals surface area contributed by atoms with Gasteiger partial charge in [0, 0.05) is 18.0 Å². The standard InChI is InChI=1S/C23H27F2N5O4S/c1-12-8-16-18(35-21(27-16)28-20(32)29-23(3,4)11-31)13(2)30(12)22-26-10-17(34-22)14-6-5-7-15(9-14)33-19(24)25/h5-7,9-10,12-13,19,31H,8,11H2,1-4H3,(H2,27,28,29,32)/t12-,13+/m1/s1. The maximum absolute atomic E-state index is 12.6. The van der Waals surface area contributed by atoms with Crippen molar-refractivity contribution in [3.05, 3.63) is 41.0 Å². The molecule has 2 atom stereocenters. The average molecular weight is 508 g/mol. The van der Waals surface area contributed by atoms with Gasteiger partial charge in [-0.15, -0.1) is 0 Å². The summed E-state index contributed by atoms with van der Waals surface area (Å²) in [6, 6.07) is 6.10. The van der Waals surface area contributed by atoms with E-state index in [9.17, 15) is 18.7 Å². The predicted molar refractivity (Wildman–Crippen MR) is 128 cm³/mol. The third kappa shape index (κ3) is 5.54. The van der Waals surface area contributed by atoms with E-state index in [1.54, 1.807) is 32.2 Å². The monoisotopic (exact) mass is 507 g/mol. The fourth-order valence-electron chi connectivity index (χ4n) is 3.95. The lowest BCUT2D eigenvalue weighted by Gasteiger charge is -2.36.